The summed E-state index contributed by atoms with van der Waals surface area (Å²) in [6, 6.07) is 0. The van der Waals surface area contributed by atoms with Crippen LogP contribution in [-0.4, -0.2) is 30.2 Å². The third kappa shape index (κ3) is 1.50. The fourth-order valence-corrected chi connectivity index (χ4v) is 1.65. The van der Waals surface area contributed by atoms with Crippen LogP contribution in [0.4, 0.5) is 0 Å². The molecule has 0 bridgehead atoms. The summed E-state index contributed by atoms with van der Waals surface area (Å²) in [7, 11) is 2.74. The van der Waals surface area contributed by atoms with Crippen molar-refractivity contribution >= 4 is 17.1 Å². The van der Waals surface area contributed by atoms with Crippen LogP contribution in [0.25, 0.3) is 11.2 Å². The van der Waals surface area contributed by atoms with Crippen molar-refractivity contribution in [2.75, 3.05) is 0 Å². The van der Waals surface area contributed by atoms with E-state index in [1.54, 1.807) is 0 Å². The second kappa shape index (κ2) is 3.76. The van der Waals surface area contributed by atoms with Crippen molar-refractivity contribution in [3.63, 3.8) is 0 Å². The predicted octanol–water partition coefficient (Wildman–Crippen LogP) is -0.966. The molecule has 8 nitrogen and oxygen atoms in total. The Labute approximate surface area is 100 Å². The van der Waals surface area contributed by atoms with Gasteiger partial charge >= 0.3 is 11.7 Å². The molecule has 0 aliphatic carbocycles. The summed E-state index contributed by atoms with van der Waals surface area (Å²) in [5.74, 6) is -1.27. The van der Waals surface area contributed by atoms with Crippen molar-refractivity contribution in [2.45, 2.75) is 6.92 Å². The molecule has 0 aliphatic rings. The van der Waals surface area contributed by atoms with E-state index in [2.05, 4.69) is 9.97 Å². The van der Waals surface area contributed by atoms with Gasteiger partial charge in [0.05, 0.1) is 5.69 Å². The molecule has 2 aromatic rings. The highest BCUT2D eigenvalue weighted by Gasteiger charge is 2.17. The van der Waals surface area contributed by atoms with E-state index in [9.17, 15) is 14.4 Å². The summed E-state index contributed by atoms with van der Waals surface area (Å²) in [5, 5.41) is 8.93. The number of hydrogen-bond acceptors (Lipinski definition) is 5. The number of nitrogens with zero attached hydrogens (tertiary/aromatic N) is 4. The van der Waals surface area contributed by atoms with Crippen LogP contribution in [0.1, 0.15) is 16.2 Å². The van der Waals surface area contributed by atoms with Crippen LogP contribution in [0.2, 0.25) is 0 Å². The Morgan fingerprint density at radius 3 is 2.33 bits per heavy atom. The average Bonchev–Trinajstić information content (AvgIpc) is 2.33. The first kappa shape index (κ1) is 12.0. The number of carboxylic acids is 1. The lowest BCUT2D eigenvalue weighted by atomic mass is 10.3. The summed E-state index contributed by atoms with van der Waals surface area (Å²) in [4.78, 5) is 42.2. The van der Waals surface area contributed by atoms with E-state index in [1.165, 1.54) is 21.0 Å². The lowest BCUT2D eigenvalue weighted by Crippen LogP contribution is -2.38. The molecular formula is C10H10N4O4. The second-order valence-corrected chi connectivity index (χ2v) is 3.84. The molecule has 8 heteroatoms. The zero-order chi connectivity index (χ0) is 13.6. The fourth-order valence-electron chi connectivity index (χ4n) is 1.65. The molecule has 94 valence electrons. The van der Waals surface area contributed by atoms with E-state index in [1.807, 2.05) is 0 Å². The van der Waals surface area contributed by atoms with Crippen molar-refractivity contribution in [1.29, 1.82) is 0 Å². The third-order valence-electron chi connectivity index (χ3n) is 2.65. The summed E-state index contributed by atoms with van der Waals surface area (Å²) in [5.41, 5.74) is -1.41. The maximum Gasteiger partial charge on any atom is 0.356 e. The Morgan fingerprint density at radius 2 is 1.78 bits per heavy atom. The van der Waals surface area contributed by atoms with Gasteiger partial charge in [0, 0.05) is 14.1 Å². The fraction of sp³-hybridized carbons (Fsp3) is 0.300. The predicted molar refractivity (Wildman–Crippen MR) is 61.7 cm³/mol. The molecule has 0 amide bonds. The summed E-state index contributed by atoms with van der Waals surface area (Å²) in [6.07, 6.45) is 0. The van der Waals surface area contributed by atoms with Crippen molar-refractivity contribution in [2.24, 2.45) is 14.1 Å². The smallest absolute Gasteiger partial charge is 0.356 e. The first-order valence-electron chi connectivity index (χ1n) is 5.02. The number of rotatable bonds is 1. The molecule has 2 aromatic heterocycles. The van der Waals surface area contributed by atoms with E-state index in [0.717, 1.165) is 9.13 Å². The third-order valence-corrected chi connectivity index (χ3v) is 2.65. The highest BCUT2D eigenvalue weighted by atomic mass is 16.4. The summed E-state index contributed by atoms with van der Waals surface area (Å²) >= 11 is 0. The van der Waals surface area contributed by atoms with Gasteiger partial charge in [-0.15, -0.1) is 0 Å². The van der Waals surface area contributed by atoms with Crippen LogP contribution < -0.4 is 11.2 Å². The molecule has 0 atom stereocenters. The van der Waals surface area contributed by atoms with Gasteiger partial charge in [0.25, 0.3) is 5.56 Å². The molecular weight excluding hydrogens is 240 g/mol. The largest absolute Gasteiger partial charge is 0.476 e. The first-order chi connectivity index (χ1) is 8.34. The maximum absolute atomic E-state index is 11.8. The van der Waals surface area contributed by atoms with E-state index in [4.69, 9.17) is 5.11 Å². The number of hydrogen-bond donors (Lipinski definition) is 1. The molecule has 0 aliphatic heterocycles. The Morgan fingerprint density at radius 1 is 1.17 bits per heavy atom. The number of aromatic nitrogens is 4. The van der Waals surface area contributed by atoms with Crippen LogP contribution in [0.15, 0.2) is 9.59 Å². The van der Waals surface area contributed by atoms with Crippen molar-refractivity contribution in [3.8, 4) is 0 Å². The second-order valence-electron chi connectivity index (χ2n) is 3.84. The monoisotopic (exact) mass is 250 g/mol. The molecule has 1 N–H and O–H groups in total. The minimum atomic E-state index is -1.27. The van der Waals surface area contributed by atoms with Crippen LogP contribution in [-0.2, 0) is 14.1 Å². The molecule has 0 aromatic carbocycles. The SMILES string of the molecule is Cc1nc2c(nc1C(=O)O)c(=O)n(C)c(=O)n2C. The number of aromatic carboxylic acids is 1. The highest BCUT2D eigenvalue weighted by molar-refractivity contribution is 5.88. The van der Waals surface area contributed by atoms with Crippen molar-refractivity contribution in [3.05, 3.63) is 32.2 Å². The molecule has 0 fully saturated rings. The van der Waals surface area contributed by atoms with Gasteiger partial charge in [-0.2, -0.15) is 0 Å². The standard InChI is InChI=1S/C10H10N4O4/c1-4-5(9(16)17)12-6-7(11-4)13(2)10(18)14(3)8(6)15/h1-3H3,(H,16,17). The minimum Gasteiger partial charge on any atom is -0.476 e. The summed E-state index contributed by atoms with van der Waals surface area (Å²) in [6.45, 7) is 1.46. The lowest BCUT2D eigenvalue weighted by Gasteiger charge is -2.07. The zero-order valence-corrected chi connectivity index (χ0v) is 9.96. The van der Waals surface area contributed by atoms with E-state index in [0.29, 0.717) is 0 Å². The van der Waals surface area contributed by atoms with Gasteiger partial charge in [-0.3, -0.25) is 13.9 Å². The molecule has 0 saturated heterocycles. The van der Waals surface area contributed by atoms with Gasteiger partial charge in [-0.1, -0.05) is 0 Å². The molecule has 0 radical (unpaired) electrons. The van der Waals surface area contributed by atoms with Crippen LogP contribution >= 0.6 is 0 Å². The van der Waals surface area contributed by atoms with Crippen LogP contribution in [0.3, 0.4) is 0 Å². The molecule has 18 heavy (non-hydrogen) atoms. The van der Waals surface area contributed by atoms with Gasteiger partial charge < -0.3 is 5.11 Å². The van der Waals surface area contributed by atoms with E-state index >= 15 is 0 Å². The number of fused-ring (bicyclic) bond motifs is 1. The van der Waals surface area contributed by atoms with Crippen molar-refractivity contribution < 1.29 is 9.90 Å². The van der Waals surface area contributed by atoms with E-state index < -0.39 is 17.2 Å². The van der Waals surface area contributed by atoms with Gasteiger partial charge in [0.1, 0.15) is 0 Å². The van der Waals surface area contributed by atoms with Crippen molar-refractivity contribution in [1.82, 2.24) is 19.1 Å². The van der Waals surface area contributed by atoms with Crippen LogP contribution in [0, 0.1) is 6.92 Å². The Bertz CT molecular complexity index is 787. The quantitative estimate of drug-likeness (QED) is 0.698. The molecule has 0 spiro atoms. The van der Waals surface area contributed by atoms with Gasteiger partial charge in [-0.05, 0) is 6.92 Å². The lowest BCUT2D eigenvalue weighted by molar-refractivity contribution is 0.0689. The molecule has 0 saturated carbocycles. The van der Waals surface area contributed by atoms with Gasteiger partial charge in [-0.25, -0.2) is 19.6 Å². The minimum absolute atomic E-state index is 0.0746. The van der Waals surface area contributed by atoms with Crippen LogP contribution in [0.5, 0.6) is 0 Å². The molecule has 2 heterocycles. The topological polar surface area (TPSA) is 107 Å². The summed E-state index contributed by atoms with van der Waals surface area (Å²) < 4.78 is 2.01. The maximum atomic E-state index is 11.8. The van der Waals surface area contributed by atoms with Gasteiger partial charge in [0.15, 0.2) is 16.9 Å². The number of carbonyl (C=O) groups is 1. The molecule has 0 unspecified atom stereocenters. The zero-order valence-electron chi connectivity index (χ0n) is 9.96. The average molecular weight is 250 g/mol. The van der Waals surface area contributed by atoms with Gasteiger partial charge in [0.2, 0.25) is 0 Å². The van der Waals surface area contributed by atoms with E-state index in [-0.39, 0.29) is 22.6 Å². The number of aryl methyl sites for hydroxylation is 2. The highest BCUT2D eigenvalue weighted by Crippen LogP contribution is 2.07. The first-order valence-corrected chi connectivity index (χ1v) is 5.02. The Balaban J connectivity index is 3.09. The number of carboxylic acid groups (broad SMARTS) is 1. The Hall–Kier alpha value is -2.51. The molecule has 2 rings (SSSR count). The normalized spacial score (nSPS) is 10.8. The Kier molecular flexibility index (Phi) is 2.50.